The minimum absolute atomic E-state index is 0.0652. The molecule has 2 fully saturated rings. The number of morpholine rings is 1. The lowest BCUT2D eigenvalue weighted by Gasteiger charge is -2.49. The standard InChI is InChI=1S/C15H29NO/c1-6-15(5)10-16-12-9-11(14(2,3)4)7-8-13(12)17-15/h11-13,16H,6-10H2,1-5H3. The molecule has 100 valence electrons. The molecule has 1 heterocycles. The van der Waals surface area contributed by atoms with Gasteiger partial charge >= 0.3 is 0 Å². The van der Waals surface area contributed by atoms with E-state index in [9.17, 15) is 0 Å². The van der Waals surface area contributed by atoms with Crippen molar-refractivity contribution in [1.82, 2.24) is 5.32 Å². The van der Waals surface area contributed by atoms with Crippen molar-refractivity contribution >= 4 is 0 Å². The zero-order valence-corrected chi connectivity index (χ0v) is 12.2. The Balaban J connectivity index is 1.98. The second kappa shape index (κ2) is 4.55. The van der Waals surface area contributed by atoms with E-state index >= 15 is 0 Å². The molecule has 4 atom stereocenters. The third kappa shape index (κ3) is 2.85. The van der Waals surface area contributed by atoms with Gasteiger partial charge in [0.15, 0.2) is 0 Å². The average molecular weight is 239 g/mol. The number of rotatable bonds is 1. The van der Waals surface area contributed by atoms with Crippen molar-refractivity contribution in [3.63, 3.8) is 0 Å². The van der Waals surface area contributed by atoms with Crippen LogP contribution in [0, 0.1) is 11.3 Å². The molecule has 1 saturated carbocycles. The van der Waals surface area contributed by atoms with E-state index in [1.165, 1.54) is 19.3 Å². The summed E-state index contributed by atoms with van der Waals surface area (Å²) < 4.78 is 6.33. The van der Waals surface area contributed by atoms with Gasteiger partial charge in [0, 0.05) is 12.6 Å². The monoisotopic (exact) mass is 239 g/mol. The fourth-order valence-corrected chi connectivity index (χ4v) is 3.25. The Labute approximate surface area is 107 Å². The van der Waals surface area contributed by atoms with Crippen LogP contribution < -0.4 is 5.32 Å². The lowest BCUT2D eigenvalue weighted by atomic mass is 9.69. The summed E-state index contributed by atoms with van der Waals surface area (Å²) in [6.45, 7) is 12.6. The first kappa shape index (κ1) is 13.4. The van der Waals surface area contributed by atoms with E-state index in [0.717, 1.165) is 18.9 Å². The number of ether oxygens (including phenoxy) is 1. The maximum atomic E-state index is 6.33. The van der Waals surface area contributed by atoms with Crippen LogP contribution in [-0.2, 0) is 4.74 Å². The van der Waals surface area contributed by atoms with E-state index in [0.29, 0.717) is 17.6 Å². The fourth-order valence-electron chi connectivity index (χ4n) is 3.25. The summed E-state index contributed by atoms with van der Waals surface area (Å²) in [4.78, 5) is 0. The second-order valence-electron chi connectivity index (χ2n) is 7.32. The Morgan fingerprint density at radius 3 is 2.59 bits per heavy atom. The van der Waals surface area contributed by atoms with Gasteiger partial charge in [-0.2, -0.15) is 0 Å². The molecule has 0 aromatic carbocycles. The minimum atomic E-state index is 0.0652. The van der Waals surface area contributed by atoms with Gasteiger partial charge in [-0.3, -0.25) is 0 Å². The smallest absolute Gasteiger partial charge is 0.0780 e. The molecule has 17 heavy (non-hydrogen) atoms. The van der Waals surface area contributed by atoms with Crippen LogP contribution in [0.2, 0.25) is 0 Å². The molecule has 2 nitrogen and oxygen atoms in total. The largest absolute Gasteiger partial charge is 0.369 e. The van der Waals surface area contributed by atoms with Crippen molar-refractivity contribution in [2.45, 2.75) is 78.0 Å². The zero-order chi connectivity index (χ0) is 12.7. The molecule has 1 saturated heterocycles. The van der Waals surface area contributed by atoms with Crippen molar-refractivity contribution in [3.05, 3.63) is 0 Å². The summed E-state index contributed by atoms with van der Waals surface area (Å²) in [6, 6.07) is 0.590. The van der Waals surface area contributed by atoms with Gasteiger partial charge in [0.25, 0.3) is 0 Å². The van der Waals surface area contributed by atoms with Crippen molar-refractivity contribution < 1.29 is 4.74 Å². The highest BCUT2D eigenvalue weighted by atomic mass is 16.5. The quantitative estimate of drug-likeness (QED) is 0.757. The molecule has 0 amide bonds. The molecule has 0 aromatic heterocycles. The van der Waals surface area contributed by atoms with Gasteiger partial charge in [0.2, 0.25) is 0 Å². The minimum Gasteiger partial charge on any atom is -0.369 e. The Hall–Kier alpha value is -0.0800. The number of fused-ring (bicyclic) bond motifs is 1. The molecule has 4 unspecified atom stereocenters. The number of hydrogen-bond donors (Lipinski definition) is 1. The van der Waals surface area contributed by atoms with Gasteiger partial charge in [0.05, 0.1) is 11.7 Å². The van der Waals surface area contributed by atoms with Crippen LogP contribution in [0.3, 0.4) is 0 Å². The normalized spacial score (nSPS) is 43.2. The van der Waals surface area contributed by atoms with Crippen molar-refractivity contribution in [1.29, 1.82) is 0 Å². The summed E-state index contributed by atoms with van der Waals surface area (Å²) in [5.74, 6) is 0.839. The Morgan fingerprint density at radius 1 is 1.29 bits per heavy atom. The van der Waals surface area contributed by atoms with Crippen molar-refractivity contribution in [2.24, 2.45) is 11.3 Å². The summed E-state index contributed by atoms with van der Waals surface area (Å²) in [6.07, 6.45) is 5.40. The SMILES string of the molecule is CCC1(C)CNC2CC(C(C)(C)C)CCC2O1. The van der Waals surface area contributed by atoms with E-state index in [2.05, 4.69) is 39.9 Å². The third-order valence-corrected chi connectivity index (χ3v) is 4.93. The molecule has 2 aliphatic rings. The molecule has 0 radical (unpaired) electrons. The Kier molecular flexibility index (Phi) is 3.57. The number of nitrogens with one attached hydrogen (secondary N) is 1. The van der Waals surface area contributed by atoms with Crippen molar-refractivity contribution in [3.8, 4) is 0 Å². The van der Waals surface area contributed by atoms with E-state index in [-0.39, 0.29) is 5.60 Å². The lowest BCUT2D eigenvalue weighted by Crippen LogP contribution is -2.60. The third-order valence-electron chi connectivity index (χ3n) is 4.93. The van der Waals surface area contributed by atoms with E-state index in [4.69, 9.17) is 4.74 Å². The average Bonchev–Trinajstić information content (AvgIpc) is 2.27. The summed E-state index contributed by atoms with van der Waals surface area (Å²) in [5.41, 5.74) is 0.508. The van der Waals surface area contributed by atoms with Crippen LogP contribution >= 0.6 is 0 Å². The molecule has 2 rings (SSSR count). The van der Waals surface area contributed by atoms with Gasteiger partial charge in [-0.05, 0) is 43.9 Å². The first-order valence-electron chi connectivity index (χ1n) is 7.25. The van der Waals surface area contributed by atoms with Gasteiger partial charge < -0.3 is 10.1 Å². The van der Waals surface area contributed by atoms with Crippen LogP contribution in [0.25, 0.3) is 0 Å². The predicted molar refractivity (Wildman–Crippen MR) is 72.2 cm³/mol. The van der Waals surface area contributed by atoms with Crippen LogP contribution in [0.5, 0.6) is 0 Å². The summed E-state index contributed by atoms with van der Waals surface area (Å²) in [5, 5.41) is 3.74. The fraction of sp³-hybridized carbons (Fsp3) is 1.00. The summed E-state index contributed by atoms with van der Waals surface area (Å²) in [7, 11) is 0. The molecule has 0 aromatic rings. The highest BCUT2D eigenvalue weighted by molar-refractivity contribution is 4.96. The van der Waals surface area contributed by atoms with Crippen LogP contribution in [0.4, 0.5) is 0 Å². The molecular formula is C15H29NO. The molecular weight excluding hydrogens is 210 g/mol. The van der Waals surface area contributed by atoms with Crippen LogP contribution in [0.1, 0.15) is 60.3 Å². The van der Waals surface area contributed by atoms with Gasteiger partial charge in [0.1, 0.15) is 0 Å². The molecule has 2 heteroatoms. The topological polar surface area (TPSA) is 21.3 Å². The van der Waals surface area contributed by atoms with Crippen molar-refractivity contribution in [2.75, 3.05) is 6.54 Å². The molecule has 1 aliphatic carbocycles. The zero-order valence-electron chi connectivity index (χ0n) is 12.2. The predicted octanol–water partition coefficient (Wildman–Crippen LogP) is 3.36. The molecule has 0 spiro atoms. The Bertz CT molecular complexity index is 271. The first-order valence-corrected chi connectivity index (χ1v) is 7.25. The highest BCUT2D eigenvalue weighted by Gasteiger charge is 2.42. The Morgan fingerprint density at radius 2 is 2.00 bits per heavy atom. The van der Waals surface area contributed by atoms with Crippen LogP contribution in [0.15, 0.2) is 0 Å². The summed E-state index contributed by atoms with van der Waals surface area (Å²) >= 11 is 0. The maximum Gasteiger partial charge on any atom is 0.0780 e. The van der Waals surface area contributed by atoms with Gasteiger partial charge in [-0.1, -0.05) is 27.7 Å². The van der Waals surface area contributed by atoms with Crippen LogP contribution in [-0.4, -0.2) is 24.3 Å². The highest BCUT2D eigenvalue weighted by Crippen LogP contribution is 2.41. The molecule has 1 N–H and O–H groups in total. The molecule has 1 aliphatic heterocycles. The van der Waals surface area contributed by atoms with E-state index in [1.54, 1.807) is 0 Å². The van der Waals surface area contributed by atoms with E-state index < -0.39 is 0 Å². The lowest BCUT2D eigenvalue weighted by molar-refractivity contribution is -0.146. The molecule has 0 bridgehead atoms. The maximum absolute atomic E-state index is 6.33. The second-order valence-corrected chi connectivity index (χ2v) is 7.32. The first-order chi connectivity index (χ1) is 7.84. The van der Waals surface area contributed by atoms with Gasteiger partial charge in [-0.15, -0.1) is 0 Å². The van der Waals surface area contributed by atoms with E-state index in [1.807, 2.05) is 0 Å². The number of hydrogen-bond acceptors (Lipinski definition) is 2. The van der Waals surface area contributed by atoms with Gasteiger partial charge in [-0.25, -0.2) is 0 Å².